The lowest BCUT2D eigenvalue weighted by molar-refractivity contribution is 0.988. The van der Waals surface area contributed by atoms with E-state index >= 15 is 0 Å². The molecule has 0 aromatic carbocycles. The molecule has 0 radical (unpaired) electrons. The van der Waals surface area contributed by atoms with Gasteiger partial charge in [0.05, 0.1) is 0 Å². The van der Waals surface area contributed by atoms with Gasteiger partial charge in [0.15, 0.2) is 0 Å². The summed E-state index contributed by atoms with van der Waals surface area (Å²) >= 11 is 5.80. The zero-order chi connectivity index (χ0) is 6.69. The van der Waals surface area contributed by atoms with Crippen molar-refractivity contribution in [2.24, 2.45) is 5.73 Å². The standard InChI is InChI=1S/C7H10ClN/c8-7-4-2-1-3-6(7)5-9/h3-4H,1-2,5,9H2. The Balaban J connectivity index is 2.68. The van der Waals surface area contributed by atoms with Gasteiger partial charge in [-0.15, -0.1) is 0 Å². The third-order valence-corrected chi connectivity index (χ3v) is 1.80. The fraction of sp³-hybridized carbons (Fsp3) is 0.429. The Kier molecular flexibility index (Phi) is 2.31. The van der Waals surface area contributed by atoms with Crippen molar-refractivity contribution >= 4 is 11.6 Å². The molecule has 1 aliphatic carbocycles. The lowest BCUT2D eigenvalue weighted by Crippen LogP contribution is -2.04. The van der Waals surface area contributed by atoms with E-state index in [2.05, 4.69) is 6.08 Å². The second-order valence-corrected chi connectivity index (χ2v) is 2.47. The summed E-state index contributed by atoms with van der Waals surface area (Å²) in [6.45, 7) is 0.565. The van der Waals surface area contributed by atoms with Crippen LogP contribution in [-0.4, -0.2) is 6.54 Å². The van der Waals surface area contributed by atoms with Crippen LogP contribution in [0.5, 0.6) is 0 Å². The second-order valence-electron chi connectivity index (χ2n) is 2.06. The van der Waals surface area contributed by atoms with Gasteiger partial charge in [-0.2, -0.15) is 0 Å². The van der Waals surface area contributed by atoms with E-state index in [9.17, 15) is 0 Å². The summed E-state index contributed by atoms with van der Waals surface area (Å²) in [7, 11) is 0. The van der Waals surface area contributed by atoms with Gasteiger partial charge in [-0.1, -0.05) is 23.8 Å². The lowest BCUT2D eigenvalue weighted by atomic mass is 10.1. The van der Waals surface area contributed by atoms with Crippen molar-refractivity contribution < 1.29 is 0 Å². The van der Waals surface area contributed by atoms with Gasteiger partial charge in [-0.3, -0.25) is 0 Å². The van der Waals surface area contributed by atoms with Crippen LogP contribution in [0.4, 0.5) is 0 Å². The van der Waals surface area contributed by atoms with Crippen molar-refractivity contribution in [3.8, 4) is 0 Å². The molecule has 9 heavy (non-hydrogen) atoms. The van der Waals surface area contributed by atoms with Crippen LogP contribution in [0.2, 0.25) is 0 Å². The Morgan fingerprint density at radius 1 is 1.44 bits per heavy atom. The predicted molar refractivity (Wildman–Crippen MR) is 40.3 cm³/mol. The van der Waals surface area contributed by atoms with Crippen LogP contribution in [0, 0.1) is 0 Å². The highest BCUT2D eigenvalue weighted by Crippen LogP contribution is 2.20. The van der Waals surface area contributed by atoms with E-state index in [0.717, 1.165) is 23.4 Å². The smallest absolute Gasteiger partial charge is 0.0407 e. The number of halogens is 1. The maximum absolute atomic E-state index is 5.80. The van der Waals surface area contributed by atoms with Crippen LogP contribution >= 0.6 is 11.6 Å². The molecule has 1 rings (SSSR count). The first-order chi connectivity index (χ1) is 4.34. The van der Waals surface area contributed by atoms with Crippen molar-refractivity contribution in [3.63, 3.8) is 0 Å². The second kappa shape index (κ2) is 3.04. The van der Waals surface area contributed by atoms with Gasteiger partial charge in [0.25, 0.3) is 0 Å². The van der Waals surface area contributed by atoms with Gasteiger partial charge in [0.1, 0.15) is 0 Å². The van der Waals surface area contributed by atoms with E-state index in [1.807, 2.05) is 6.08 Å². The predicted octanol–water partition coefficient (Wildman–Crippen LogP) is 1.79. The van der Waals surface area contributed by atoms with Crippen molar-refractivity contribution in [3.05, 3.63) is 22.8 Å². The van der Waals surface area contributed by atoms with E-state index in [4.69, 9.17) is 17.3 Å². The molecule has 0 bridgehead atoms. The Morgan fingerprint density at radius 3 is 2.56 bits per heavy atom. The monoisotopic (exact) mass is 143 g/mol. The highest BCUT2D eigenvalue weighted by atomic mass is 35.5. The summed E-state index contributed by atoms with van der Waals surface area (Å²) in [4.78, 5) is 0. The minimum atomic E-state index is 0.565. The average Bonchev–Trinajstić information content (AvgIpc) is 1.89. The maximum atomic E-state index is 5.80. The van der Waals surface area contributed by atoms with Crippen LogP contribution in [0.25, 0.3) is 0 Å². The number of hydrogen-bond acceptors (Lipinski definition) is 1. The zero-order valence-electron chi connectivity index (χ0n) is 5.23. The normalized spacial score (nSPS) is 18.9. The molecule has 2 N–H and O–H groups in total. The van der Waals surface area contributed by atoms with Crippen LogP contribution in [0.3, 0.4) is 0 Å². The van der Waals surface area contributed by atoms with Crippen LogP contribution < -0.4 is 5.73 Å². The SMILES string of the molecule is NCC1=CCCC=C1Cl. The molecule has 1 aliphatic rings. The van der Waals surface area contributed by atoms with Crippen molar-refractivity contribution in [2.45, 2.75) is 12.8 Å². The van der Waals surface area contributed by atoms with Crippen LogP contribution in [-0.2, 0) is 0 Å². The molecule has 0 amide bonds. The highest BCUT2D eigenvalue weighted by Gasteiger charge is 2.02. The van der Waals surface area contributed by atoms with Crippen molar-refractivity contribution in [1.82, 2.24) is 0 Å². The van der Waals surface area contributed by atoms with Gasteiger partial charge in [0, 0.05) is 11.6 Å². The first kappa shape index (κ1) is 6.84. The fourth-order valence-corrected chi connectivity index (χ4v) is 1.14. The molecular weight excluding hydrogens is 134 g/mol. The molecule has 1 nitrogen and oxygen atoms in total. The molecule has 50 valence electrons. The van der Waals surface area contributed by atoms with E-state index in [-0.39, 0.29) is 0 Å². The first-order valence-electron chi connectivity index (χ1n) is 3.09. The van der Waals surface area contributed by atoms with Gasteiger partial charge < -0.3 is 5.73 Å². The number of allylic oxidation sites excluding steroid dienone is 2. The summed E-state index contributed by atoms with van der Waals surface area (Å²) < 4.78 is 0. The summed E-state index contributed by atoms with van der Waals surface area (Å²) in [6, 6.07) is 0. The molecule has 0 unspecified atom stereocenters. The quantitative estimate of drug-likeness (QED) is 0.595. The van der Waals surface area contributed by atoms with Crippen molar-refractivity contribution in [2.75, 3.05) is 6.54 Å². The third-order valence-electron chi connectivity index (χ3n) is 1.41. The van der Waals surface area contributed by atoms with Crippen LogP contribution in [0.15, 0.2) is 22.8 Å². The Morgan fingerprint density at radius 2 is 2.11 bits per heavy atom. The summed E-state index contributed by atoms with van der Waals surface area (Å²) in [5, 5.41) is 0.837. The molecule has 0 aliphatic heterocycles. The number of rotatable bonds is 1. The molecule has 0 saturated carbocycles. The molecule has 0 saturated heterocycles. The molecule has 0 aromatic heterocycles. The zero-order valence-corrected chi connectivity index (χ0v) is 5.99. The maximum Gasteiger partial charge on any atom is 0.0407 e. The Bertz CT molecular complexity index is 158. The topological polar surface area (TPSA) is 26.0 Å². The lowest BCUT2D eigenvalue weighted by Gasteiger charge is -2.06. The molecular formula is C7H10ClN. The minimum Gasteiger partial charge on any atom is -0.326 e. The number of nitrogens with two attached hydrogens (primary N) is 1. The van der Waals surface area contributed by atoms with Gasteiger partial charge in [-0.25, -0.2) is 0 Å². The molecule has 0 aromatic rings. The van der Waals surface area contributed by atoms with E-state index < -0.39 is 0 Å². The molecule has 0 atom stereocenters. The largest absolute Gasteiger partial charge is 0.326 e. The fourth-order valence-electron chi connectivity index (χ4n) is 0.877. The highest BCUT2D eigenvalue weighted by molar-refractivity contribution is 6.32. The van der Waals surface area contributed by atoms with E-state index in [1.165, 1.54) is 0 Å². The molecule has 0 fully saturated rings. The van der Waals surface area contributed by atoms with E-state index in [0.29, 0.717) is 6.54 Å². The van der Waals surface area contributed by atoms with E-state index in [1.54, 1.807) is 0 Å². The first-order valence-corrected chi connectivity index (χ1v) is 3.47. The minimum absolute atomic E-state index is 0.565. The van der Waals surface area contributed by atoms with Gasteiger partial charge in [0.2, 0.25) is 0 Å². The van der Waals surface area contributed by atoms with Gasteiger partial charge in [-0.05, 0) is 18.4 Å². The summed E-state index contributed by atoms with van der Waals surface area (Å²) in [5.41, 5.74) is 6.49. The Hall–Kier alpha value is -0.270. The summed E-state index contributed by atoms with van der Waals surface area (Å²) in [5.74, 6) is 0. The molecule has 0 spiro atoms. The van der Waals surface area contributed by atoms with Crippen LogP contribution in [0.1, 0.15) is 12.8 Å². The Labute approximate surface area is 60.2 Å². The number of hydrogen-bond donors (Lipinski definition) is 1. The molecule has 2 heteroatoms. The molecule has 0 heterocycles. The third kappa shape index (κ3) is 1.57. The van der Waals surface area contributed by atoms with Gasteiger partial charge >= 0.3 is 0 Å². The summed E-state index contributed by atoms with van der Waals surface area (Å²) in [6.07, 6.45) is 6.26. The average molecular weight is 144 g/mol. The van der Waals surface area contributed by atoms with Crippen molar-refractivity contribution in [1.29, 1.82) is 0 Å².